The summed E-state index contributed by atoms with van der Waals surface area (Å²) in [7, 11) is 0. The monoisotopic (exact) mass is 648 g/mol. The molecular formula is C29H26Cl2N2O5S3. The van der Waals surface area contributed by atoms with E-state index in [4.69, 9.17) is 44.9 Å². The van der Waals surface area contributed by atoms with Gasteiger partial charge in [-0.25, -0.2) is 4.79 Å². The van der Waals surface area contributed by atoms with Crippen LogP contribution in [0.25, 0.3) is 17.2 Å². The quantitative estimate of drug-likeness (QED) is 0.144. The molecule has 0 spiro atoms. The van der Waals surface area contributed by atoms with Gasteiger partial charge in [0, 0.05) is 52.2 Å². The van der Waals surface area contributed by atoms with Crippen molar-refractivity contribution in [3.63, 3.8) is 0 Å². The Balaban J connectivity index is 1.19. The lowest BCUT2D eigenvalue weighted by molar-refractivity contribution is -0.122. The van der Waals surface area contributed by atoms with Crippen LogP contribution >= 0.6 is 58.5 Å². The number of rotatable bonds is 10. The van der Waals surface area contributed by atoms with Crippen molar-refractivity contribution >= 4 is 80.8 Å². The van der Waals surface area contributed by atoms with E-state index in [9.17, 15) is 14.7 Å². The third-order valence-electron chi connectivity index (χ3n) is 6.59. The molecule has 0 atom stereocenters. The molecule has 7 nitrogen and oxygen atoms in total. The van der Waals surface area contributed by atoms with Gasteiger partial charge in [0.2, 0.25) is 0 Å². The Labute approximate surface area is 261 Å². The standard InChI is InChI=1S/C29H26Cl2N2O5S3/c30-21-3-4-24(31)23(14-21)20-13-22(40-17-20)15-26-27(34)33(29(39)41-26)6-1-9-38-25-5-2-18(28(35)36)12-19(25)16-32-7-10-37-11-8-32/h2-5,12-15,17H,1,6-11,16H2,(H,35,36)/b26-15-. The van der Waals surface area contributed by atoms with Crippen LogP contribution in [0, 0.1) is 0 Å². The first-order valence-electron chi connectivity index (χ1n) is 12.9. The van der Waals surface area contributed by atoms with Crippen molar-refractivity contribution in [1.29, 1.82) is 0 Å². The Morgan fingerprint density at radius 2 is 1.95 bits per heavy atom. The molecule has 5 rings (SSSR count). The zero-order valence-corrected chi connectivity index (χ0v) is 25.8. The summed E-state index contributed by atoms with van der Waals surface area (Å²) >= 11 is 20.8. The second kappa shape index (κ2) is 13.7. The molecule has 214 valence electrons. The van der Waals surface area contributed by atoms with Crippen LogP contribution < -0.4 is 4.74 Å². The fourth-order valence-corrected chi connectivity index (χ4v) is 7.10. The van der Waals surface area contributed by atoms with Gasteiger partial charge in [-0.2, -0.15) is 0 Å². The minimum absolute atomic E-state index is 0.130. The number of carboxylic acids is 1. The van der Waals surface area contributed by atoms with E-state index >= 15 is 0 Å². The summed E-state index contributed by atoms with van der Waals surface area (Å²) in [5, 5.41) is 12.6. The topological polar surface area (TPSA) is 79.3 Å². The van der Waals surface area contributed by atoms with Crippen LogP contribution in [0.15, 0.2) is 52.7 Å². The fraction of sp³-hybridized carbons (Fsp3) is 0.276. The molecule has 0 unspecified atom stereocenters. The third-order valence-corrected chi connectivity index (χ3v) is 9.42. The molecule has 2 saturated heterocycles. The first kappa shape index (κ1) is 30.0. The Morgan fingerprint density at radius 1 is 1.15 bits per heavy atom. The van der Waals surface area contributed by atoms with E-state index in [1.54, 1.807) is 35.2 Å². The number of nitrogens with zero attached hydrogens (tertiary/aromatic N) is 2. The van der Waals surface area contributed by atoms with E-state index < -0.39 is 5.97 Å². The Morgan fingerprint density at radius 3 is 2.73 bits per heavy atom. The van der Waals surface area contributed by atoms with Crippen molar-refractivity contribution in [1.82, 2.24) is 9.80 Å². The maximum Gasteiger partial charge on any atom is 0.335 e. The van der Waals surface area contributed by atoms with Gasteiger partial charge in [-0.15, -0.1) is 11.3 Å². The van der Waals surface area contributed by atoms with Crippen LogP contribution in [-0.2, 0) is 16.1 Å². The molecule has 41 heavy (non-hydrogen) atoms. The molecule has 12 heteroatoms. The fourth-order valence-electron chi connectivity index (χ4n) is 4.49. The number of carbonyl (C=O) groups is 2. The van der Waals surface area contributed by atoms with E-state index in [1.165, 1.54) is 23.1 Å². The maximum absolute atomic E-state index is 13.1. The molecule has 0 radical (unpaired) electrons. The van der Waals surface area contributed by atoms with Gasteiger partial charge in [0.05, 0.1) is 30.3 Å². The lowest BCUT2D eigenvalue weighted by atomic mass is 10.1. The third kappa shape index (κ3) is 7.50. The highest BCUT2D eigenvalue weighted by atomic mass is 35.5. The average molecular weight is 650 g/mol. The van der Waals surface area contributed by atoms with Crippen molar-refractivity contribution in [2.75, 3.05) is 39.5 Å². The van der Waals surface area contributed by atoms with E-state index in [2.05, 4.69) is 4.90 Å². The summed E-state index contributed by atoms with van der Waals surface area (Å²) in [6.07, 6.45) is 2.41. The molecule has 2 aliphatic rings. The van der Waals surface area contributed by atoms with Gasteiger partial charge in [0.25, 0.3) is 5.91 Å². The van der Waals surface area contributed by atoms with Crippen LogP contribution in [0.2, 0.25) is 10.0 Å². The predicted octanol–water partition coefficient (Wildman–Crippen LogP) is 6.92. The van der Waals surface area contributed by atoms with Gasteiger partial charge in [0.15, 0.2) is 0 Å². The summed E-state index contributed by atoms with van der Waals surface area (Å²) in [6, 6.07) is 12.2. The maximum atomic E-state index is 13.1. The normalized spacial score (nSPS) is 17.0. The van der Waals surface area contributed by atoms with Crippen LogP contribution in [0.5, 0.6) is 5.75 Å². The number of halogens is 2. The average Bonchev–Trinajstić information content (AvgIpc) is 3.53. The van der Waals surface area contributed by atoms with Crippen LogP contribution in [0.4, 0.5) is 0 Å². The van der Waals surface area contributed by atoms with Gasteiger partial charge in [0.1, 0.15) is 10.1 Å². The number of carboxylic acid groups (broad SMARTS) is 1. The van der Waals surface area contributed by atoms with Crippen LogP contribution in [0.3, 0.4) is 0 Å². The number of aromatic carboxylic acids is 1. The highest BCUT2D eigenvalue weighted by Crippen LogP contribution is 2.37. The van der Waals surface area contributed by atoms with E-state index in [1.807, 2.05) is 23.6 Å². The Kier molecular flexibility index (Phi) is 10.0. The second-order valence-electron chi connectivity index (χ2n) is 9.41. The SMILES string of the molecule is O=C(O)c1ccc(OCCCN2C(=O)/C(=C/c3cc(-c4cc(Cl)ccc4Cl)cs3)SC2=S)c(CN2CCOCC2)c1. The predicted molar refractivity (Wildman–Crippen MR) is 169 cm³/mol. The minimum Gasteiger partial charge on any atom is -0.493 e. The summed E-state index contributed by atoms with van der Waals surface area (Å²) in [6.45, 7) is 4.20. The van der Waals surface area contributed by atoms with E-state index in [-0.39, 0.29) is 11.5 Å². The number of thiocarbonyl (C=S) groups is 1. The van der Waals surface area contributed by atoms with Gasteiger partial charge in [-0.1, -0.05) is 47.2 Å². The number of hydrogen-bond donors (Lipinski definition) is 1. The molecule has 0 aliphatic carbocycles. The molecular weight excluding hydrogens is 623 g/mol. The Bertz CT molecular complexity index is 1500. The summed E-state index contributed by atoms with van der Waals surface area (Å²) in [5.41, 5.74) is 2.81. The second-order valence-corrected chi connectivity index (χ2v) is 12.9. The molecule has 1 N–H and O–H groups in total. The Hall–Kier alpha value is -2.44. The number of amides is 1. The van der Waals surface area contributed by atoms with Crippen LogP contribution in [0.1, 0.15) is 27.2 Å². The van der Waals surface area contributed by atoms with Gasteiger partial charge in [-0.3, -0.25) is 14.6 Å². The number of morpholine rings is 1. The highest BCUT2D eigenvalue weighted by Gasteiger charge is 2.31. The molecule has 2 aromatic carbocycles. The number of carbonyl (C=O) groups excluding carboxylic acids is 1. The number of ether oxygens (including phenoxy) is 2. The molecule has 0 bridgehead atoms. The summed E-state index contributed by atoms with van der Waals surface area (Å²) < 4.78 is 12.0. The van der Waals surface area contributed by atoms with Crippen molar-refractivity contribution < 1.29 is 24.2 Å². The molecule has 2 fully saturated rings. The number of thioether (sulfide) groups is 1. The van der Waals surface area contributed by atoms with Crippen molar-refractivity contribution in [3.8, 4) is 16.9 Å². The van der Waals surface area contributed by atoms with Crippen molar-refractivity contribution in [2.45, 2.75) is 13.0 Å². The molecule has 2 aliphatic heterocycles. The van der Waals surface area contributed by atoms with Gasteiger partial charge >= 0.3 is 5.97 Å². The number of benzene rings is 2. The summed E-state index contributed by atoms with van der Waals surface area (Å²) in [5.74, 6) is -0.469. The van der Waals surface area contributed by atoms with Gasteiger partial charge < -0.3 is 14.6 Å². The first-order chi connectivity index (χ1) is 19.8. The van der Waals surface area contributed by atoms with E-state index in [0.29, 0.717) is 64.4 Å². The zero-order valence-electron chi connectivity index (χ0n) is 21.8. The summed E-state index contributed by atoms with van der Waals surface area (Å²) in [4.78, 5) is 30.0. The smallest absolute Gasteiger partial charge is 0.335 e. The number of thiophene rings is 1. The minimum atomic E-state index is -0.978. The largest absolute Gasteiger partial charge is 0.493 e. The lowest BCUT2D eigenvalue weighted by Gasteiger charge is -2.27. The number of hydrogen-bond acceptors (Lipinski definition) is 8. The molecule has 3 heterocycles. The van der Waals surface area contributed by atoms with Crippen LogP contribution in [-0.4, -0.2) is 70.6 Å². The molecule has 3 aromatic rings. The first-order valence-corrected chi connectivity index (χ1v) is 15.7. The lowest BCUT2D eigenvalue weighted by Crippen LogP contribution is -2.35. The van der Waals surface area contributed by atoms with Gasteiger partial charge in [-0.05, 0) is 65.9 Å². The highest BCUT2D eigenvalue weighted by molar-refractivity contribution is 8.26. The van der Waals surface area contributed by atoms with Crippen molar-refractivity contribution in [2.24, 2.45) is 0 Å². The molecule has 1 amide bonds. The molecule has 0 saturated carbocycles. The van der Waals surface area contributed by atoms with E-state index in [0.717, 1.165) is 34.7 Å². The van der Waals surface area contributed by atoms with Crippen molar-refractivity contribution in [3.05, 3.63) is 78.8 Å². The molecule has 1 aromatic heterocycles. The zero-order chi connectivity index (χ0) is 28.9.